The summed E-state index contributed by atoms with van der Waals surface area (Å²) in [5.74, 6) is 1.01. The molecule has 1 nitrogen and oxygen atoms in total. The van der Waals surface area contributed by atoms with Crippen LogP contribution in [0.2, 0.25) is 0 Å². The second-order valence-electron chi connectivity index (χ2n) is 14.0. The fourth-order valence-corrected chi connectivity index (χ4v) is 7.86. The molecule has 0 amide bonds. The first-order valence-corrected chi connectivity index (χ1v) is 16.2. The van der Waals surface area contributed by atoms with E-state index in [0.717, 1.165) is 0 Å². The molecule has 6 heteroatoms. The summed E-state index contributed by atoms with van der Waals surface area (Å²) >= 11 is 0. The van der Waals surface area contributed by atoms with E-state index in [1.165, 1.54) is 109 Å². The topological polar surface area (TPSA) is 4.41 Å². The molecule has 8 rings (SSSR count). The van der Waals surface area contributed by atoms with Crippen molar-refractivity contribution in [2.45, 2.75) is 39.5 Å². The van der Waals surface area contributed by atoms with Gasteiger partial charge in [-0.25, -0.2) is 0 Å². The number of nitrogens with zero attached hydrogens (tertiary/aromatic N) is 1. The zero-order valence-electron chi connectivity index (χ0n) is 27.5. The summed E-state index contributed by atoms with van der Waals surface area (Å²) in [6.45, 7) is 9.13. The molecule has 0 spiro atoms. The van der Waals surface area contributed by atoms with E-state index in [1.807, 2.05) is 0 Å². The Kier molecular flexibility index (Phi) is 5.93. The second-order valence-corrected chi connectivity index (χ2v) is 14.0. The van der Waals surface area contributed by atoms with Crippen LogP contribution in [-0.4, -0.2) is 43.6 Å². The van der Waals surface area contributed by atoms with Gasteiger partial charge in [0.05, 0.1) is 16.6 Å². The highest BCUT2D eigenvalue weighted by Crippen LogP contribution is 2.43. The van der Waals surface area contributed by atoms with Crippen molar-refractivity contribution in [2.24, 2.45) is 0 Å². The van der Waals surface area contributed by atoms with Gasteiger partial charge in [-0.3, -0.25) is 0 Å². The van der Waals surface area contributed by atoms with Crippen molar-refractivity contribution in [1.82, 2.24) is 4.40 Å². The largest absolute Gasteiger partial charge is 0.308 e. The van der Waals surface area contributed by atoms with Crippen molar-refractivity contribution >= 4 is 126 Å². The molecular formula is C38H36B5N. The molecule has 0 radical (unpaired) electrons. The minimum Gasteiger partial charge on any atom is -0.308 e. The third kappa shape index (κ3) is 3.73. The van der Waals surface area contributed by atoms with E-state index in [0.29, 0.717) is 11.8 Å². The van der Waals surface area contributed by atoms with Gasteiger partial charge < -0.3 is 4.40 Å². The van der Waals surface area contributed by atoms with Crippen LogP contribution in [0.15, 0.2) is 72.8 Å². The van der Waals surface area contributed by atoms with Crippen molar-refractivity contribution in [3.8, 4) is 11.1 Å². The van der Waals surface area contributed by atoms with Crippen LogP contribution < -0.4 is 27.3 Å². The Morgan fingerprint density at radius 2 is 0.886 bits per heavy atom. The molecule has 2 heterocycles. The van der Waals surface area contributed by atoms with Crippen molar-refractivity contribution in [3.05, 3.63) is 83.9 Å². The van der Waals surface area contributed by atoms with Crippen molar-refractivity contribution in [3.63, 3.8) is 0 Å². The zero-order chi connectivity index (χ0) is 30.8. The third-order valence-electron chi connectivity index (χ3n) is 11.0. The minimum atomic E-state index is 0.504. The lowest BCUT2D eigenvalue weighted by Crippen LogP contribution is -2.55. The summed E-state index contributed by atoms with van der Waals surface area (Å²) in [6.07, 6.45) is 0. The average molecular weight is 561 g/mol. The minimum absolute atomic E-state index is 0.504. The number of hydrogen-bond donors (Lipinski definition) is 0. The van der Waals surface area contributed by atoms with Gasteiger partial charge in [-0.05, 0) is 92.0 Å². The highest BCUT2D eigenvalue weighted by Gasteiger charge is 2.22. The van der Waals surface area contributed by atoms with Gasteiger partial charge in [0.25, 0.3) is 0 Å². The van der Waals surface area contributed by atoms with Crippen LogP contribution >= 0.6 is 0 Å². The summed E-state index contributed by atoms with van der Waals surface area (Å²) in [5, 5.41) is 10.6. The van der Waals surface area contributed by atoms with Crippen molar-refractivity contribution < 1.29 is 0 Å². The van der Waals surface area contributed by atoms with E-state index in [9.17, 15) is 0 Å². The molecule has 0 bridgehead atoms. The van der Waals surface area contributed by atoms with E-state index in [2.05, 4.69) is 144 Å². The SMILES string of the molecule is Bc1c(B)c(B)c(-c2cc3c4cc5cc(C(C)C)ccc5cc4n4c5cc6ccc(C(C)C)cc6cc5c(c2)c34)c(B)c1B. The third-order valence-corrected chi connectivity index (χ3v) is 11.0. The smallest absolute Gasteiger partial charge is 0.139 e. The van der Waals surface area contributed by atoms with Crippen LogP contribution in [0.25, 0.3) is 70.8 Å². The lowest BCUT2D eigenvalue weighted by Gasteiger charge is -2.20. The maximum atomic E-state index is 2.55. The van der Waals surface area contributed by atoms with Crippen LogP contribution in [0.4, 0.5) is 0 Å². The molecule has 0 aliphatic heterocycles. The Morgan fingerprint density at radius 3 is 1.32 bits per heavy atom. The first kappa shape index (κ1) is 27.5. The Hall–Kier alpha value is -4.04. The molecule has 0 aliphatic carbocycles. The van der Waals surface area contributed by atoms with Crippen molar-refractivity contribution in [2.75, 3.05) is 0 Å². The van der Waals surface area contributed by atoms with E-state index >= 15 is 0 Å². The highest BCUT2D eigenvalue weighted by molar-refractivity contribution is 6.68. The number of aromatic nitrogens is 1. The van der Waals surface area contributed by atoms with Gasteiger partial charge in [-0.2, -0.15) is 0 Å². The fourth-order valence-electron chi connectivity index (χ4n) is 7.86. The number of benzene rings is 6. The standard InChI is InChI=1S/C38H36B5N/c1-17(2)19-5-7-21-15-30-26(11-23(21)9-19)28-13-25(32-33(39)35(41)37(43)36(42)34(32)40)14-29-27-12-24-10-20(18(3)4)6-8-22(24)16-31(27)44(30)38(28)29/h5-18H,39-43H2,1-4H3. The van der Waals surface area contributed by atoms with Gasteiger partial charge in [-0.1, -0.05) is 75.0 Å². The van der Waals surface area contributed by atoms with Gasteiger partial charge in [-0.15, -0.1) is 16.4 Å². The molecule has 0 aliphatic rings. The van der Waals surface area contributed by atoms with Gasteiger partial charge in [0, 0.05) is 21.5 Å². The van der Waals surface area contributed by atoms with Gasteiger partial charge in [0.2, 0.25) is 0 Å². The number of rotatable bonds is 3. The Labute approximate surface area is 264 Å². The molecule has 0 N–H and O–H groups in total. The molecule has 2 aromatic heterocycles. The lowest BCUT2D eigenvalue weighted by molar-refractivity contribution is 0.869. The normalized spacial score (nSPS) is 12.5. The summed E-state index contributed by atoms with van der Waals surface area (Å²) in [4.78, 5) is 0. The van der Waals surface area contributed by atoms with Gasteiger partial charge >= 0.3 is 0 Å². The van der Waals surface area contributed by atoms with E-state index in [-0.39, 0.29) is 0 Å². The second kappa shape index (κ2) is 9.48. The van der Waals surface area contributed by atoms with E-state index in [1.54, 1.807) is 0 Å². The summed E-state index contributed by atoms with van der Waals surface area (Å²) in [6, 6.07) is 28.8. The first-order chi connectivity index (χ1) is 21.0. The molecule has 0 atom stereocenters. The van der Waals surface area contributed by atoms with E-state index < -0.39 is 0 Å². The molecule has 0 fully saturated rings. The maximum absolute atomic E-state index is 2.55. The van der Waals surface area contributed by atoms with Crippen LogP contribution in [0.3, 0.4) is 0 Å². The van der Waals surface area contributed by atoms with Gasteiger partial charge in [0.15, 0.2) is 0 Å². The number of fused-ring (bicyclic) bond motifs is 8. The predicted octanol–water partition coefficient (Wildman–Crippen LogP) is 2.35. The van der Waals surface area contributed by atoms with Crippen molar-refractivity contribution in [1.29, 1.82) is 0 Å². The van der Waals surface area contributed by atoms with Crippen LogP contribution in [0.5, 0.6) is 0 Å². The monoisotopic (exact) mass is 561 g/mol. The summed E-state index contributed by atoms with van der Waals surface area (Å²) in [7, 11) is 11.5. The van der Waals surface area contributed by atoms with Crippen LogP contribution in [0.1, 0.15) is 50.7 Å². The first-order valence-electron chi connectivity index (χ1n) is 16.2. The molecule has 44 heavy (non-hydrogen) atoms. The quantitative estimate of drug-likeness (QED) is 0.293. The Balaban J connectivity index is 1.57. The summed E-state index contributed by atoms with van der Waals surface area (Å²) < 4.78 is 2.55. The molecule has 0 saturated heterocycles. The number of hydrogen-bond acceptors (Lipinski definition) is 0. The molecule has 0 saturated carbocycles. The lowest BCUT2D eigenvalue weighted by atomic mass is 9.59. The van der Waals surface area contributed by atoms with Crippen LogP contribution in [-0.2, 0) is 0 Å². The zero-order valence-corrected chi connectivity index (χ0v) is 27.5. The maximum Gasteiger partial charge on any atom is 0.139 e. The molecular weight excluding hydrogens is 524 g/mol. The Morgan fingerprint density at radius 1 is 0.455 bits per heavy atom. The van der Waals surface area contributed by atoms with E-state index in [4.69, 9.17) is 0 Å². The molecule has 208 valence electrons. The average Bonchev–Trinajstić information content (AvgIpc) is 3.50. The summed E-state index contributed by atoms with van der Waals surface area (Å²) in [5.41, 5.74) is 16.4. The van der Waals surface area contributed by atoms with Crippen LogP contribution in [0, 0.1) is 0 Å². The van der Waals surface area contributed by atoms with Gasteiger partial charge in [0.1, 0.15) is 39.2 Å². The molecule has 6 aromatic carbocycles. The fraction of sp³-hybridized carbons (Fsp3) is 0.158. The molecule has 0 unspecified atom stereocenters. The molecule has 8 aromatic rings. The predicted molar refractivity (Wildman–Crippen MR) is 211 cm³/mol. The Bertz CT molecular complexity index is 2340. The highest BCUT2D eigenvalue weighted by atomic mass is 14.9.